The molecule has 3 N–H and O–H groups in total. The maximum absolute atomic E-state index is 12.3. The molecular formula is C17H33N3O2. The lowest BCUT2D eigenvalue weighted by Gasteiger charge is -2.36. The first-order valence-electron chi connectivity index (χ1n) is 8.81. The quantitative estimate of drug-likeness (QED) is 0.801. The Morgan fingerprint density at radius 3 is 2.45 bits per heavy atom. The molecule has 22 heavy (non-hydrogen) atoms. The Morgan fingerprint density at radius 2 is 1.86 bits per heavy atom. The van der Waals surface area contributed by atoms with E-state index in [9.17, 15) is 4.79 Å². The van der Waals surface area contributed by atoms with Gasteiger partial charge in [-0.25, -0.2) is 0 Å². The molecule has 0 bridgehead atoms. The number of hydrogen-bond donors (Lipinski definition) is 2. The average Bonchev–Trinajstić information content (AvgIpc) is 2.46. The van der Waals surface area contributed by atoms with E-state index in [0.29, 0.717) is 0 Å². The Bertz CT molecular complexity index is 348. The van der Waals surface area contributed by atoms with Gasteiger partial charge in [0.2, 0.25) is 5.91 Å². The fourth-order valence-electron chi connectivity index (χ4n) is 4.00. The molecule has 4 unspecified atom stereocenters. The molecule has 2 heterocycles. The second kappa shape index (κ2) is 8.27. The van der Waals surface area contributed by atoms with Crippen LogP contribution in [0.15, 0.2) is 0 Å². The van der Waals surface area contributed by atoms with E-state index < -0.39 is 6.04 Å². The van der Waals surface area contributed by atoms with Gasteiger partial charge in [-0.05, 0) is 43.9 Å². The third-order valence-electron chi connectivity index (χ3n) is 4.94. The van der Waals surface area contributed by atoms with Crippen molar-refractivity contribution in [2.45, 2.75) is 52.1 Å². The highest BCUT2D eigenvalue weighted by Gasteiger charge is 2.28. The number of carbonyl (C=O) groups is 1. The average molecular weight is 311 g/mol. The summed E-state index contributed by atoms with van der Waals surface area (Å²) >= 11 is 0. The smallest absolute Gasteiger partial charge is 0.237 e. The van der Waals surface area contributed by atoms with Crippen molar-refractivity contribution in [1.29, 1.82) is 0 Å². The summed E-state index contributed by atoms with van der Waals surface area (Å²) in [7, 11) is 0. The van der Waals surface area contributed by atoms with Crippen molar-refractivity contribution in [3.8, 4) is 0 Å². The van der Waals surface area contributed by atoms with E-state index in [2.05, 4.69) is 31.0 Å². The second-order valence-electron chi connectivity index (χ2n) is 7.55. The van der Waals surface area contributed by atoms with Crippen LogP contribution in [0.25, 0.3) is 0 Å². The lowest BCUT2D eigenvalue weighted by Crippen LogP contribution is -2.52. The summed E-state index contributed by atoms with van der Waals surface area (Å²) in [4.78, 5) is 14.8. The molecule has 0 aromatic carbocycles. The van der Waals surface area contributed by atoms with Gasteiger partial charge in [-0.3, -0.25) is 4.79 Å². The van der Waals surface area contributed by atoms with Crippen molar-refractivity contribution in [2.24, 2.45) is 23.5 Å². The summed E-state index contributed by atoms with van der Waals surface area (Å²) in [6.07, 6.45) is 3.10. The van der Waals surface area contributed by atoms with E-state index in [1.54, 1.807) is 0 Å². The van der Waals surface area contributed by atoms with Gasteiger partial charge in [-0.15, -0.1) is 0 Å². The van der Waals surface area contributed by atoms with Crippen molar-refractivity contribution in [3.63, 3.8) is 0 Å². The summed E-state index contributed by atoms with van der Waals surface area (Å²) in [6.45, 7) is 11.3. The maximum atomic E-state index is 12.3. The number of amides is 1. The number of hydrogen-bond acceptors (Lipinski definition) is 4. The predicted molar refractivity (Wildman–Crippen MR) is 88.5 cm³/mol. The van der Waals surface area contributed by atoms with Gasteiger partial charge in [0.05, 0.1) is 6.04 Å². The van der Waals surface area contributed by atoms with Crippen LogP contribution in [0.4, 0.5) is 0 Å². The normalized spacial score (nSPS) is 30.7. The zero-order valence-corrected chi connectivity index (χ0v) is 14.4. The molecule has 0 aliphatic carbocycles. The van der Waals surface area contributed by atoms with Gasteiger partial charge in [0.1, 0.15) is 0 Å². The fourth-order valence-corrected chi connectivity index (χ4v) is 4.00. The Balaban J connectivity index is 1.75. The zero-order valence-electron chi connectivity index (χ0n) is 14.4. The van der Waals surface area contributed by atoms with Gasteiger partial charge in [0.15, 0.2) is 0 Å². The molecule has 2 aliphatic heterocycles. The molecule has 1 amide bonds. The lowest BCUT2D eigenvalue weighted by atomic mass is 9.91. The number of ether oxygens (including phenoxy) is 1. The number of piperidine rings is 1. The number of rotatable bonds is 5. The van der Waals surface area contributed by atoms with Crippen molar-refractivity contribution in [1.82, 2.24) is 10.2 Å². The molecule has 4 atom stereocenters. The van der Waals surface area contributed by atoms with Crippen molar-refractivity contribution in [3.05, 3.63) is 0 Å². The van der Waals surface area contributed by atoms with Crippen LogP contribution in [0.5, 0.6) is 0 Å². The van der Waals surface area contributed by atoms with Gasteiger partial charge in [-0.2, -0.15) is 0 Å². The number of nitrogens with zero attached hydrogens (tertiary/aromatic N) is 1. The Labute approximate surface area is 134 Å². The monoisotopic (exact) mass is 311 g/mol. The summed E-state index contributed by atoms with van der Waals surface area (Å²) in [5.41, 5.74) is 6.14. The fraction of sp³-hybridized carbons (Fsp3) is 0.941. The van der Waals surface area contributed by atoms with Gasteiger partial charge in [0.25, 0.3) is 0 Å². The molecular weight excluding hydrogens is 278 g/mol. The van der Waals surface area contributed by atoms with Crippen LogP contribution >= 0.6 is 0 Å². The SMILES string of the molecule is CC1CC(C)CN(CC(C)NC(=O)C(N)C2CCOCC2)C1. The van der Waals surface area contributed by atoms with Crippen molar-refractivity contribution < 1.29 is 9.53 Å². The molecule has 0 saturated carbocycles. The van der Waals surface area contributed by atoms with Crippen molar-refractivity contribution in [2.75, 3.05) is 32.8 Å². The van der Waals surface area contributed by atoms with Gasteiger partial charge in [-0.1, -0.05) is 13.8 Å². The highest BCUT2D eigenvalue weighted by Crippen LogP contribution is 2.21. The molecule has 5 nitrogen and oxygen atoms in total. The number of carbonyl (C=O) groups excluding carboxylic acids is 1. The van der Waals surface area contributed by atoms with Crippen LogP contribution in [-0.2, 0) is 9.53 Å². The predicted octanol–water partition coefficient (Wildman–Crippen LogP) is 1.22. The third-order valence-corrected chi connectivity index (χ3v) is 4.94. The third kappa shape index (κ3) is 5.21. The first-order chi connectivity index (χ1) is 10.5. The summed E-state index contributed by atoms with van der Waals surface area (Å²) in [5.74, 6) is 1.75. The molecule has 0 spiro atoms. The van der Waals surface area contributed by atoms with Crippen LogP contribution in [-0.4, -0.2) is 55.7 Å². The van der Waals surface area contributed by atoms with Gasteiger partial charge >= 0.3 is 0 Å². The van der Waals surface area contributed by atoms with E-state index in [-0.39, 0.29) is 17.9 Å². The van der Waals surface area contributed by atoms with Gasteiger partial charge in [0, 0.05) is 38.9 Å². The van der Waals surface area contributed by atoms with Crippen LogP contribution < -0.4 is 11.1 Å². The maximum Gasteiger partial charge on any atom is 0.237 e. The summed E-state index contributed by atoms with van der Waals surface area (Å²) < 4.78 is 5.34. The molecule has 2 rings (SSSR count). The minimum absolute atomic E-state index is 0.00231. The molecule has 0 aromatic heterocycles. The summed E-state index contributed by atoms with van der Waals surface area (Å²) in [5, 5.41) is 3.11. The Hall–Kier alpha value is -0.650. The highest BCUT2D eigenvalue weighted by atomic mass is 16.5. The molecule has 2 aliphatic rings. The molecule has 2 saturated heterocycles. The molecule has 0 aromatic rings. The van der Waals surface area contributed by atoms with Gasteiger partial charge < -0.3 is 20.7 Å². The van der Waals surface area contributed by atoms with E-state index >= 15 is 0 Å². The molecule has 0 radical (unpaired) electrons. The van der Waals surface area contributed by atoms with Crippen molar-refractivity contribution >= 4 is 5.91 Å². The van der Waals surface area contributed by atoms with E-state index in [1.165, 1.54) is 6.42 Å². The number of likely N-dealkylation sites (tertiary alicyclic amines) is 1. The Kier molecular flexibility index (Phi) is 6.66. The molecule has 128 valence electrons. The molecule has 5 heteroatoms. The zero-order chi connectivity index (χ0) is 16.1. The second-order valence-corrected chi connectivity index (χ2v) is 7.55. The number of nitrogens with two attached hydrogens (primary N) is 1. The van der Waals surface area contributed by atoms with Crippen LogP contribution in [0.3, 0.4) is 0 Å². The molecule has 2 fully saturated rings. The summed E-state index contributed by atoms with van der Waals surface area (Å²) in [6, 6.07) is -0.249. The van der Waals surface area contributed by atoms with E-state index in [4.69, 9.17) is 10.5 Å². The van der Waals surface area contributed by atoms with Crippen LogP contribution in [0.2, 0.25) is 0 Å². The first kappa shape index (κ1) is 17.7. The van der Waals surface area contributed by atoms with E-state index in [1.807, 2.05) is 0 Å². The Morgan fingerprint density at radius 1 is 1.27 bits per heavy atom. The highest BCUT2D eigenvalue weighted by molar-refractivity contribution is 5.82. The minimum atomic E-state index is -0.398. The minimum Gasteiger partial charge on any atom is -0.381 e. The van der Waals surface area contributed by atoms with Crippen LogP contribution in [0, 0.1) is 17.8 Å². The first-order valence-corrected chi connectivity index (χ1v) is 8.81. The van der Waals surface area contributed by atoms with Crippen LogP contribution in [0.1, 0.15) is 40.0 Å². The van der Waals surface area contributed by atoms with E-state index in [0.717, 1.165) is 57.5 Å². The topological polar surface area (TPSA) is 67.6 Å². The largest absolute Gasteiger partial charge is 0.381 e. The standard InChI is InChI=1S/C17H33N3O2/c1-12-8-13(2)10-20(9-12)11-14(3)19-17(21)16(18)15-4-6-22-7-5-15/h12-16H,4-11,18H2,1-3H3,(H,19,21). The number of nitrogens with one attached hydrogen (secondary N) is 1. The lowest BCUT2D eigenvalue weighted by molar-refractivity contribution is -0.125.